The summed E-state index contributed by atoms with van der Waals surface area (Å²) in [4.78, 5) is 8.56. The van der Waals surface area contributed by atoms with Crippen LogP contribution in [0.1, 0.15) is 39.0 Å². The van der Waals surface area contributed by atoms with E-state index in [4.69, 9.17) is 19.7 Å². The van der Waals surface area contributed by atoms with Gasteiger partial charge in [0, 0.05) is 6.61 Å². The maximum absolute atomic E-state index is 8.56. The Hall–Kier alpha value is -0.770. The Morgan fingerprint density at radius 3 is 2.15 bits per heavy atom. The summed E-state index contributed by atoms with van der Waals surface area (Å²) in [6.45, 7) is 2.97. The van der Waals surface area contributed by atoms with Crippen molar-refractivity contribution in [1.29, 1.82) is 0 Å². The van der Waals surface area contributed by atoms with Gasteiger partial charge < -0.3 is 14.9 Å². The SMILES string of the molecule is CCOC1CCCCC1.O=C(O)O. The van der Waals surface area contributed by atoms with Crippen LogP contribution in [0, 0.1) is 0 Å². The normalized spacial score (nSPS) is 17.3. The third-order valence-electron chi connectivity index (χ3n) is 1.95. The van der Waals surface area contributed by atoms with E-state index in [0.717, 1.165) is 6.61 Å². The minimum Gasteiger partial charge on any atom is -0.450 e. The van der Waals surface area contributed by atoms with Crippen molar-refractivity contribution < 1.29 is 19.7 Å². The lowest BCUT2D eigenvalue weighted by Gasteiger charge is -2.20. The average molecular weight is 190 g/mol. The molecule has 1 rings (SSSR count). The summed E-state index contributed by atoms with van der Waals surface area (Å²) in [5, 5.41) is 13.9. The van der Waals surface area contributed by atoms with Gasteiger partial charge in [-0.05, 0) is 19.8 Å². The molecule has 0 radical (unpaired) electrons. The molecule has 0 saturated heterocycles. The predicted octanol–water partition coefficient (Wildman–Crippen LogP) is 2.58. The molecule has 1 fully saturated rings. The fourth-order valence-electron chi connectivity index (χ4n) is 1.47. The lowest BCUT2D eigenvalue weighted by atomic mass is 9.98. The molecule has 0 aliphatic heterocycles. The highest BCUT2D eigenvalue weighted by Gasteiger charge is 2.11. The monoisotopic (exact) mass is 190 g/mol. The summed E-state index contributed by atoms with van der Waals surface area (Å²) in [6.07, 6.45) is 5.55. The summed E-state index contributed by atoms with van der Waals surface area (Å²) in [5.74, 6) is 0. The van der Waals surface area contributed by atoms with Crippen LogP contribution in [0.4, 0.5) is 4.79 Å². The van der Waals surface area contributed by atoms with Crippen molar-refractivity contribution in [2.24, 2.45) is 0 Å². The highest BCUT2D eigenvalue weighted by molar-refractivity contribution is 5.53. The molecule has 1 aliphatic carbocycles. The van der Waals surface area contributed by atoms with E-state index in [1.165, 1.54) is 32.1 Å². The number of hydrogen-bond acceptors (Lipinski definition) is 2. The first-order chi connectivity index (χ1) is 6.16. The van der Waals surface area contributed by atoms with Crippen LogP contribution in [0.25, 0.3) is 0 Å². The van der Waals surface area contributed by atoms with E-state index in [9.17, 15) is 0 Å². The highest BCUT2D eigenvalue weighted by atomic mass is 16.6. The molecule has 0 unspecified atom stereocenters. The molecule has 1 saturated carbocycles. The van der Waals surface area contributed by atoms with Crippen molar-refractivity contribution in [2.45, 2.75) is 45.1 Å². The largest absolute Gasteiger partial charge is 0.503 e. The van der Waals surface area contributed by atoms with Crippen LogP contribution >= 0.6 is 0 Å². The molecule has 4 heteroatoms. The lowest BCUT2D eigenvalue weighted by Crippen LogP contribution is -2.15. The fraction of sp³-hybridized carbons (Fsp3) is 0.889. The van der Waals surface area contributed by atoms with E-state index < -0.39 is 6.16 Å². The van der Waals surface area contributed by atoms with Crippen LogP contribution in [-0.4, -0.2) is 29.1 Å². The second kappa shape index (κ2) is 7.86. The van der Waals surface area contributed by atoms with Gasteiger partial charge in [-0.1, -0.05) is 19.3 Å². The Labute approximate surface area is 78.5 Å². The minimum absolute atomic E-state index is 0.601. The van der Waals surface area contributed by atoms with Gasteiger partial charge in [-0.3, -0.25) is 0 Å². The smallest absolute Gasteiger partial charge is 0.450 e. The molecule has 4 nitrogen and oxygen atoms in total. The summed E-state index contributed by atoms with van der Waals surface area (Å²) >= 11 is 0. The van der Waals surface area contributed by atoms with Crippen LogP contribution in [0.3, 0.4) is 0 Å². The molecular weight excluding hydrogens is 172 g/mol. The first-order valence-electron chi connectivity index (χ1n) is 4.70. The summed E-state index contributed by atoms with van der Waals surface area (Å²) in [5.41, 5.74) is 0. The first kappa shape index (κ1) is 12.2. The van der Waals surface area contributed by atoms with E-state index in [0.29, 0.717) is 6.10 Å². The van der Waals surface area contributed by atoms with E-state index in [2.05, 4.69) is 6.92 Å². The maximum Gasteiger partial charge on any atom is 0.503 e. The van der Waals surface area contributed by atoms with E-state index in [-0.39, 0.29) is 0 Å². The molecule has 2 N–H and O–H groups in total. The Bertz CT molecular complexity index is 123. The third-order valence-corrected chi connectivity index (χ3v) is 1.95. The number of hydrogen-bond donors (Lipinski definition) is 2. The van der Waals surface area contributed by atoms with Gasteiger partial charge in [0.1, 0.15) is 0 Å². The molecule has 0 aromatic carbocycles. The van der Waals surface area contributed by atoms with Crippen molar-refractivity contribution in [1.82, 2.24) is 0 Å². The van der Waals surface area contributed by atoms with Crippen molar-refractivity contribution in [3.05, 3.63) is 0 Å². The Balaban J connectivity index is 0.000000310. The van der Waals surface area contributed by atoms with Gasteiger partial charge >= 0.3 is 6.16 Å². The Morgan fingerprint density at radius 1 is 1.31 bits per heavy atom. The maximum atomic E-state index is 8.56. The molecule has 0 aromatic rings. The van der Waals surface area contributed by atoms with Gasteiger partial charge in [-0.25, -0.2) is 4.79 Å². The molecule has 0 bridgehead atoms. The summed E-state index contributed by atoms with van der Waals surface area (Å²) in [7, 11) is 0. The van der Waals surface area contributed by atoms with E-state index in [1.807, 2.05) is 0 Å². The Kier molecular flexibility index (Phi) is 7.39. The molecule has 13 heavy (non-hydrogen) atoms. The molecule has 1 aliphatic rings. The van der Waals surface area contributed by atoms with Gasteiger partial charge in [0.15, 0.2) is 0 Å². The van der Waals surface area contributed by atoms with E-state index in [1.54, 1.807) is 0 Å². The van der Waals surface area contributed by atoms with Gasteiger partial charge in [0.2, 0.25) is 0 Å². The second-order valence-corrected chi connectivity index (χ2v) is 3.00. The second-order valence-electron chi connectivity index (χ2n) is 3.00. The quantitative estimate of drug-likeness (QED) is 0.702. The number of carbonyl (C=O) groups is 1. The molecule has 78 valence electrons. The van der Waals surface area contributed by atoms with Crippen molar-refractivity contribution >= 4 is 6.16 Å². The summed E-state index contributed by atoms with van der Waals surface area (Å²) in [6, 6.07) is 0. The van der Waals surface area contributed by atoms with E-state index >= 15 is 0 Å². The van der Waals surface area contributed by atoms with Crippen molar-refractivity contribution in [2.75, 3.05) is 6.61 Å². The van der Waals surface area contributed by atoms with Gasteiger partial charge in [0.25, 0.3) is 0 Å². The summed E-state index contributed by atoms with van der Waals surface area (Å²) < 4.78 is 5.48. The number of rotatable bonds is 2. The van der Waals surface area contributed by atoms with Crippen LogP contribution in [-0.2, 0) is 4.74 Å². The minimum atomic E-state index is -1.83. The molecule has 0 spiro atoms. The zero-order valence-corrected chi connectivity index (χ0v) is 8.03. The average Bonchev–Trinajstić information content (AvgIpc) is 2.06. The van der Waals surface area contributed by atoms with Gasteiger partial charge in [-0.2, -0.15) is 0 Å². The number of ether oxygens (including phenoxy) is 1. The van der Waals surface area contributed by atoms with Crippen molar-refractivity contribution in [3.63, 3.8) is 0 Å². The van der Waals surface area contributed by atoms with Crippen LogP contribution in [0.15, 0.2) is 0 Å². The first-order valence-corrected chi connectivity index (χ1v) is 4.70. The van der Waals surface area contributed by atoms with Crippen LogP contribution < -0.4 is 0 Å². The molecule has 0 aromatic heterocycles. The molecule has 0 atom stereocenters. The number of carboxylic acid groups (broad SMARTS) is 2. The van der Waals surface area contributed by atoms with Crippen LogP contribution in [0.5, 0.6) is 0 Å². The van der Waals surface area contributed by atoms with Crippen molar-refractivity contribution in [3.8, 4) is 0 Å². The topological polar surface area (TPSA) is 66.8 Å². The zero-order valence-electron chi connectivity index (χ0n) is 8.03. The van der Waals surface area contributed by atoms with Gasteiger partial charge in [0.05, 0.1) is 6.10 Å². The highest BCUT2D eigenvalue weighted by Crippen LogP contribution is 2.19. The standard InChI is InChI=1S/C8H16O.CH2O3/c1-2-9-8-6-4-3-5-7-8;2-1(3)4/h8H,2-7H2,1H3;(H2,2,3,4). The third kappa shape index (κ3) is 9.14. The molecule has 0 heterocycles. The fourth-order valence-corrected chi connectivity index (χ4v) is 1.47. The zero-order chi connectivity index (χ0) is 10.1. The van der Waals surface area contributed by atoms with Crippen LogP contribution in [0.2, 0.25) is 0 Å². The lowest BCUT2D eigenvalue weighted by molar-refractivity contribution is 0.0368. The molecule has 0 amide bonds. The van der Waals surface area contributed by atoms with Gasteiger partial charge in [-0.15, -0.1) is 0 Å². The Morgan fingerprint density at radius 2 is 1.77 bits per heavy atom. The molecular formula is C9H18O4. The predicted molar refractivity (Wildman–Crippen MR) is 49.2 cm³/mol.